The minimum Gasteiger partial charge on any atom is -0.321 e. The number of hydrogen-bond donors (Lipinski definition) is 1. The molecule has 1 amide bonds. The molecule has 0 aliphatic rings. The molecular formula is C19H15N5O. The van der Waals surface area contributed by atoms with E-state index in [1.54, 1.807) is 12.4 Å². The van der Waals surface area contributed by atoms with Crippen LogP contribution in [0, 0.1) is 0 Å². The molecule has 122 valence electrons. The third-order valence-electron chi connectivity index (χ3n) is 3.92. The van der Waals surface area contributed by atoms with E-state index in [2.05, 4.69) is 20.5 Å². The van der Waals surface area contributed by atoms with E-state index in [4.69, 9.17) is 0 Å². The van der Waals surface area contributed by atoms with Gasteiger partial charge in [-0.3, -0.25) is 4.79 Å². The lowest BCUT2D eigenvalue weighted by atomic mass is 10.1. The first-order valence-corrected chi connectivity index (χ1v) is 7.82. The third kappa shape index (κ3) is 2.97. The van der Waals surface area contributed by atoms with Gasteiger partial charge in [-0.05, 0) is 24.3 Å². The summed E-state index contributed by atoms with van der Waals surface area (Å²) < 4.78 is 1.83. The average Bonchev–Trinajstić information content (AvgIpc) is 3.07. The van der Waals surface area contributed by atoms with Crippen LogP contribution in [0.4, 0.5) is 5.69 Å². The highest BCUT2D eigenvalue weighted by atomic mass is 16.1. The second kappa shape index (κ2) is 6.16. The lowest BCUT2D eigenvalue weighted by molar-refractivity contribution is 0.102. The summed E-state index contributed by atoms with van der Waals surface area (Å²) in [7, 11) is 1.87. The molecular weight excluding hydrogens is 314 g/mol. The Morgan fingerprint density at radius 3 is 2.76 bits per heavy atom. The Balaban J connectivity index is 1.61. The van der Waals surface area contributed by atoms with E-state index in [1.165, 1.54) is 0 Å². The van der Waals surface area contributed by atoms with Crippen molar-refractivity contribution in [2.24, 2.45) is 7.05 Å². The number of para-hydroxylation sites is 1. The predicted molar refractivity (Wildman–Crippen MR) is 96.1 cm³/mol. The minimum absolute atomic E-state index is 0.249. The van der Waals surface area contributed by atoms with Gasteiger partial charge in [0.2, 0.25) is 0 Å². The van der Waals surface area contributed by atoms with Crippen molar-refractivity contribution in [1.82, 2.24) is 19.7 Å². The van der Waals surface area contributed by atoms with Crippen LogP contribution in [-0.2, 0) is 7.05 Å². The molecule has 25 heavy (non-hydrogen) atoms. The van der Waals surface area contributed by atoms with E-state index >= 15 is 0 Å². The third-order valence-corrected chi connectivity index (χ3v) is 3.92. The molecule has 0 unspecified atom stereocenters. The Kier molecular flexibility index (Phi) is 3.70. The molecule has 0 spiro atoms. The number of anilines is 1. The first kappa shape index (κ1) is 15.0. The maximum atomic E-state index is 12.5. The Labute approximate surface area is 144 Å². The Bertz CT molecular complexity index is 1070. The fraction of sp³-hybridized carbons (Fsp3) is 0.0526. The number of hydrogen-bond acceptors (Lipinski definition) is 4. The molecule has 0 aliphatic carbocycles. The number of carbonyl (C=O) groups is 1. The van der Waals surface area contributed by atoms with Crippen molar-refractivity contribution in [3.63, 3.8) is 0 Å². The van der Waals surface area contributed by atoms with Gasteiger partial charge in [0, 0.05) is 23.7 Å². The lowest BCUT2D eigenvalue weighted by Crippen LogP contribution is -2.13. The van der Waals surface area contributed by atoms with Crippen molar-refractivity contribution in [2.45, 2.75) is 0 Å². The minimum atomic E-state index is -0.249. The van der Waals surface area contributed by atoms with E-state index in [0.717, 1.165) is 22.3 Å². The van der Waals surface area contributed by atoms with E-state index in [1.807, 2.05) is 66.2 Å². The SMILES string of the molecule is Cn1cnnc1-c1cccc(NC(=O)c2ccc3ccccc3n2)c1. The maximum Gasteiger partial charge on any atom is 0.274 e. The molecule has 2 aromatic heterocycles. The van der Waals surface area contributed by atoms with Crippen molar-refractivity contribution in [2.75, 3.05) is 5.32 Å². The summed E-state index contributed by atoms with van der Waals surface area (Å²) in [5.41, 5.74) is 2.73. The number of aromatic nitrogens is 4. The van der Waals surface area contributed by atoms with Gasteiger partial charge < -0.3 is 9.88 Å². The molecule has 0 fully saturated rings. The van der Waals surface area contributed by atoms with Gasteiger partial charge in [-0.15, -0.1) is 10.2 Å². The van der Waals surface area contributed by atoms with Crippen LogP contribution in [0.2, 0.25) is 0 Å². The Hall–Kier alpha value is -3.54. The molecule has 0 atom stereocenters. The van der Waals surface area contributed by atoms with Crippen molar-refractivity contribution in [3.8, 4) is 11.4 Å². The number of carbonyl (C=O) groups excluding carboxylic acids is 1. The molecule has 0 aliphatic heterocycles. The molecule has 0 bridgehead atoms. The first-order valence-electron chi connectivity index (χ1n) is 7.82. The fourth-order valence-electron chi connectivity index (χ4n) is 2.67. The van der Waals surface area contributed by atoms with Crippen LogP contribution in [0.15, 0.2) is 67.0 Å². The van der Waals surface area contributed by atoms with Crippen LogP contribution < -0.4 is 5.32 Å². The smallest absolute Gasteiger partial charge is 0.274 e. The van der Waals surface area contributed by atoms with Gasteiger partial charge in [-0.1, -0.05) is 36.4 Å². The largest absolute Gasteiger partial charge is 0.321 e. The van der Waals surface area contributed by atoms with Gasteiger partial charge in [0.1, 0.15) is 12.0 Å². The Morgan fingerprint density at radius 2 is 1.92 bits per heavy atom. The number of amides is 1. The van der Waals surface area contributed by atoms with E-state index < -0.39 is 0 Å². The normalized spacial score (nSPS) is 10.8. The second-order valence-corrected chi connectivity index (χ2v) is 5.69. The summed E-state index contributed by atoms with van der Waals surface area (Å²) >= 11 is 0. The number of aryl methyl sites for hydroxylation is 1. The fourth-order valence-corrected chi connectivity index (χ4v) is 2.67. The van der Waals surface area contributed by atoms with E-state index in [9.17, 15) is 4.79 Å². The summed E-state index contributed by atoms with van der Waals surface area (Å²) in [6.45, 7) is 0. The predicted octanol–water partition coefficient (Wildman–Crippen LogP) is 3.28. The van der Waals surface area contributed by atoms with Crippen LogP contribution >= 0.6 is 0 Å². The molecule has 2 aromatic carbocycles. The van der Waals surface area contributed by atoms with Crippen LogP contribution in [-0.4, -0.2) is 25.7 Å². The first-order chi connectivity index (χ1) is 12.2. The lowest BCUT2D eigenvalue weighted by Gasteiger charge is -2.07. The maximum absolute atomic E-state index is 12.5. The van der Waals surface area contributed by atoms with Gasteiger partial charge in [0.25, 0.3) is 5.91 Å². The van der Waals surface area contributed by atoms with E-state index in [-0.39, 0.29) is 5.91 Å². The van der Waals surface area contributed by atoms with Crippen molar-refractivity contribution >= 4 is 22.5 Å². The molecule has 6 nitrogen and oxygen atoms in total. The Morgan fingerprint density at radius 1 is 1.04 bits per heavy atom. The molecule has 0 saturated carbocycles. The molecule has 0 radical (unpaired) electrons. The van der Waals surface area contributed by atoms with Gasteiger partial charge in [0.05, 0.1) is 5.52 Å². The number of fused-ring (bicyclic) bond motifs is 1. The molecule has 1 N–H and O–H groups in total. The van der Waals surface area contributed by atoms with Crippen LogP contribution in [0.3, 0.4) is 0 Å². The quantitative estimate of drug-likeness (QED) is 0.626. The van der Waals surface area contributed by atoms with Gasteiger partial charge in [-0.25, -0.2) is 4.98 Å². The van der Waals surface area contributed by atoms with Crippen molar-refractivity contribution < 1.29 is 4.79 Å². The summed E-state index contributed by atoms with van der Waals surface area (Å²) in [4.78, 5) is 16.9. The van der Waals surface area contributed by atoms with Gasteiger partial charge >= 0.3 is 0 Å². The monoisotopic (exact) mass is 329 g/mol. The zero-order valence-corrected chi connectivity index (χ0v) is 13.5. The number of rotatable bonds is 3. The van der Waals surface area contributed by atoms with E-state index in [0.29, 0.717) is 11.4 Å². The standard InChI is InChI=1S/C19H15N5O/c1-24-12-20-23-18(24)14-6-4-7-15(11-14)21-19(25)17-10-9-13-5-2-3-8-16(13)22-17/h2-12H,1H3,(H,21,25). The zero-order valence-electron chi connectivity index (χ0n) is 13.5. The summed E-state index contributed by atoms with van der Waals surface area (Å²) in [6.07, 6.45) is 1.64. The summed E-state index contributed by atoms with van der Waals surface area (Å²) in [5, 5.41) is 11.9. The number of nitrogens with one attached hydrogen (secondary N) is 1. The highest BCUT2D eigenvalue weighted by Crippen LogP contribution is 2.20. The second-order valence-electron chi connectivity index (χ2n) is 5.69. The van der Waals surface area contributed by atoms with Crippen molar-refractivity contribution in [1.29, 1.82) is 0 Å². The highest BCUT2D eigenvalue weighted by Gasteiger charge is 2.10. The van der Waals surface area contributed by atoms with Gasteiger partial charge in [0.15, 0.2) is 5.82 Å². The number of pyridine rings is 1. The molecule has 4 aromatic rings. The summed E-state index contributed by atoms with van der Waals surface area (Å²) in [5.74, 6) is 0.487. The van der Waals surface area contributed by atoms with Crippen LogP contribution in [0.1, 0.15) is 10.5 Å². The molecule has 6 heteroatoms. The zero-order chi connectivity index (χ0) is 17.2. The topological polar surface area (TPSA) is 72.7 Å². The molecule has 2 heterocycles. The average molecular weight is 329 g/mol. The van der Waals surface area contributed by atoms with Crippen LogP contribution in [0.5, 0.6) is 0 Å². The number of benzene rings is 2. The number of nitrogens with zero attached hydrogens (tertiary/aromatic N) is 4. The van der Waals surface area contributed by atoms with Crippen molar-refractivity contribution in [3.05, 3.63) is 72.7 Å². The highest BCUT2D eigenvalue weighted by molar-refractivity contribution is 6.04. The van der Waals surface area contributed by atoms with Crippen LogP contribution in [0.25, 0.3) is 22.3 Å². The molecule has 0 saturated heterocycles. The molecule has 4 rings (SSSR count). The summed E-state index contributed by atoms with van der Waals surface area (Å²) in [6, 6.07) is 18.8. The van der Waals surface area contributed by atoms with Gasteiger partial charge in [-0.2, -0.15) is 0 Å².